The zero-order chi connectivity index (χ0) is 34.0. The third kappa shape index (κ3) is 16.1. The van der Waals surface area contributed by atoms with E-state index in [2.05, 4.69) is 45.9 Å². The van der Waals surface area contributed by atoms with Crippen molar-refractivity contribution in [3.05, 3.63) is 76.1 Å². The van der Waals surface area contributed by atoms with E-state index < -0.39 is 0 Å². The van der Waals surface area contributed by atoms with Gasteiger partial charge in [0.25, 0.3) is 0 Å². The molecule has 0 saturated heterocycles. The van der Waals surface area contributed by atoms with Crippen molar-refractivity contribution in [1.82, 2.24) is 9.80 Å². The highest BCUT2D eigenvalue weighted by Gasteiger charge is 2.17. The van der Waals surface area contributed by atoms with Gasteiger partial charge < -0.3 is 19.2 Å². The number of carbonyl (C=O) groups excluding carboxylic acids is 1. The molecule has 8 heteroatoms. The van der Waals surface area contributed by atoms with Crippen LogP contribution in [0.15, 0.2) is 65.0 Å². The second-order valence-corrected chi connectivity index (χ2v) is 9.79. The average Bonchev–Trinajstić information content (AvgIpc) is 3.04. The lowest BCUT2D eigenvalue weighted by Crippen LogP contribution is -2.28. The molecule has 2 aromatic rings. The highest BCUT2D eigenvalue weighted by Crippen LogP contribution is 2.40. The summed E-state index contributed by atoms with van der Waals surface area (Å²) in [4.78, 5) is 24.2. The lowest BCUT2D eigenvalue weighted by atomic mass is 10.0. The number of rotatable bonds is 17. The van der Waals surface area contributed by atoms with Crippen molar-refractivity contribution in [3.63, 3.8) is 0 Å². The van der Waals surface area contributed by atoms with Crippen LogP contribution in [0.25, 0.3) is 11.1 Å². The van der Waals surface area contributed by atoms with Crippen LogP contribution >= 0.6 is 0 Å². The van der Waals surface area contributed by atoms with Gasteiger partial charge in [-0.2, -0.15) is 4.91 Å². The first-order valence-electron chi connectivity index (χ1n) is 15.9. The summed E-state index contributed by atoms with van der Waals surface area (Å²) in [6.07, 6.45) is 6.31. The molecule has 0 amide bonds. The first kappa shape index (κ1) is 41.0. The van der Waals surface area contributed by atoms with Gasteiger partial charge in [0.05, 0.1) is 24.5 Å². The lowest BCUT2D eigenvalue weighted by molar-refractivity contribution is -0.107. The standard InChI is InChI=1S/C32H42FN3O3.C3H6O.C2H6/c1-7-12-29(18-13-25(5)23-34-37)35(6)19-11-20-36(8-2)24-26-21-30(38-9-3)32(31(22-26)39-10-4)27-14-16-28(33)17-15-27;1-2-3-4;1-2/h13-18,21-22H,8-11,19-20,23-24H2,1-6H3;3H,2H2,1H3;1-2H3/b25-13+,29-18+;;. The Morgan fingerprint density at radius 2 is 1.56 bits per heavy atom. The van der Waals surface area contributed by atoms with Crippen LogP contribution in [0, 0.1) is 22.6 Å². The summed E-state index contributed by atoms with van der Waals surface area (Å²) in [5.74, 6) is 7.32. The molecule has 0 radical (unpaired) electrons. The average molecular weight is 624 g/mol. The van der Waals surface area contributed by atoms with E-state index in [0.29, 0.717) is 19.6 Å². The Hall–Kier alpha value is -3.96. The Balaban J connectivity index is 0.00000298. The molecular formula is C37H54FN3O4. The Morgan fingerprint density at radius 1 is 0.978 bits per heavy atom. The molecule has 0 unspecified atom stereocenters. The molecular weight excluding hydrogens is 569 g/mol. The second kappa shape index (κ2) is 25.4. The monoisotopic (exact) mass is 623 g/mol. The van der Waals surface area contributed by atoms with E-state index in [1.54, 1.807) is 12.1 Å². The van der Waals surface area contributed by atoms with Crippen LogP contribution in [0.5, 0.6) is 11.5 Å². The largest absolute Gasteiger partial charge is 0.493 e. The van der Waals surface area contributed by atoms with Crippen molar-refractivity contribution in [2.75, 3.05) is 46.4 Å². The molecule has 0 fully saturated rings. The number of allylic oxidation sites excluding steroid dienone is 3. The minimum absolute atomic E-state index is 0.180. The van der Waals surface area contributed by atoms with Gasteiger partial charge in [-0.3, -0.25) is 4.90 Å². The molecule has 0 spiro atoms. The number of carbonyl (C=O) groups is 1. The maximum Gasteiger partial charge on any atom is 0.131 e. The number of benzene rings is 2. The highest BCUT2D eigenvalue weighted by molar-refractivity contribution is 5.77. The molecule has 2 rings (SSSR count). The molecule has 45 heavy (non-hydrogen) atoms. The van der Waals surface area contributed by atoms with Crippen LogP contribution in [0.2, 0.25) is 0 Å². The van der Waals surface area contributed by atoms with Gasteiger partial charge in [-0.05, 0) is 93.6 Å². The van der Waals surface area contributed by atoms with Crippen molar-refractivity contribution in [2.45, 2.75) is 74.8 Å². The van der Waals surface area contributed by atoms with Crippen LogP contribution in [-0.4, -0.2) is 62.5 Å². The van der Waals surface area contributed by atoms with Gasteiger partial charge in [-0.1, -0.05) is 57.0 Å². The quantitative estimate of drug-likeness (QED) is 0.0760. The van der Waals surface area contributed by atoms with Crippen LogP contribution in [-0.2, 0) is 11.3 Å². The number of ether oxygens (including phenoxy) is 2. The Labute approximate surface area is 271 Å². The molecule has 0 aliphatic heterocycles. The van der Waals surface area contributed by atoms with Crippen molar-refractivity contribution in [1.29, 1.82) is 0 Å². The van der Waals surface area contributed by atoms with Gasteiger partial charge in [-0.25, -0.2) is 4.39 Å². The molecule has 0 heterocycles. The van der Waals surface area contributed by atoms with E-state index in [1.165, 1.54) is 12.1 Å². The molecule has 0 saturated carbocycles. The van der Waals surface area contributed by atoms with E-state index in [4.69, 9.17) is 9.47 Å². The SMILES string of the molecule is CC.CC#C/C(=C\C=C(/C)CN=O)N(C)CCCN(CC)Cc1cc(OCC)c(-c2ccc(F)cc2)c(OCC)c1.CCC=O. The minimum Gasteiger partial charge on any atom is -0.493 e. The first-order valence-corrected chi connectivity index (χ1v) is 15.9. The molecule has 248 valence electrons. The van der Waals surface area contributed by atoms with E-state index in [0.717, 1.165) is 78.3 Å². The smallest absolute Gasteiger partial charge is 0.131 e. The van der Waals surface area contributed by atoms with Crippen molar-refractivity contribution in [2.24, 2.45) is 5.18 Å². The number of halogens is 1. The fourth-order valence-electron chi connectivity index (χ4n) is 4.20. The Kier molecular flexibility index (Phi) is 23.1. The van der Waals surface area contributed by atoms with Crippen molar-refractivity contribution >= 4 is 6.29 Å². The van der Waals surface area contributed by atoms with Crippen LogP contribution in [0.1, 0.15) is 73.8 Å². The summed E-state index contributed by atoms with van der Waals surface area (Å²) >= 11 is 0. The fraction of sp³-hybridized carbons (Fsp3) is 0.486. The topological polar surface area (TPSA) is 71.4 Å². The molecule has 0 N–H and O–H groups in total. The third-order valence-electron chi connectivity index (χ3n) is 6.35. The summed E-state index contributed by atoms with van der Waals surface area (Å²) < 4.78 is 25.7. The van der Waals surface area contributed by atoms with E-state index in [1.807, 2.05) is 67.7 Å². The van der Waals surface area contributed by atoms with Gasteiger partial charge >= 0.3 is 0 Å². The molecule has 0 atom stereocenters. The van der Waals surface area contributed by atoms with Gasteiger partial charge in [0.15, 0.2) is 0 Å². The Bertz CT molecular complexity index is 1220. The van der Waals surface area contributed by atoms with Gasteiger partial charge in [0.2, 0.25) is 0 Å². The van der Waals surface area contributed by atoms with E-state index in [-0.39, 0.29) is 12.4 Å². The van der Waals surface area contributed by atoms with E-state index in [9.17, 15) is 14.1 Å². The predicted octanol–water partition coefficient (Wildman–Crippen LogP) is 8.68. The zero-order valence-corrected chi connectivity index (χ0v) is 28.9. The summed E-state index contributed by atoms with van der Waals surface area (Å²) in [6.45, 7) is 20.2. The minimum atomic E-state index is -0.276. The fourth-order valence-corrected chi connectivity index (χ4v) is 4.20. The maximum atomic E-state index is 13.6. The molecule has 0 aliphatic rings. The summed E-state index contributed by atoms with van der Waals surface area (Å²) in [5, 5.41) is 2.94. The zero-order valence-electron chi connectivity index (χ0n) is 28.9. The number of hydrogen-bond acceptors (Lipinski definition) is 7. The third-order valence-corrected chi connectivity index (χ3v) is 6.35. The van der Waals surface area contributed by atoms with Crippen LogP contribution < -0.4 is 9.47 Å². The van der Waals surface area contributed by atoms with Crippen LogP contribution in [0.4, 0.5) is 4.39 Å². The lowest BCUT2D eigenvalue weighted by Gasteiger charge is -2.25. The number of nitroso groups, excluding NO2 is 1. The second-order valence-electron chi connectivity index (χ2n) is 9.79. The van der Waals surface area contributed by atoms with Crippen LogP contribution in [0.3, 0.4) is 0 Å². The molecule has 0 aliphatic carbocycles. The number of aldehydes is 1. The number of hydrogen-bond donors (Lipinski definition) is 0. The maximum absolute atomic E-state index is 13.6. The summed E-state index contributed by atoms with van der Waals surface area (Å²) in [6, 6.07) is 10.6. The predicted molar refractivity (Wildman–Crippen MR) is 186 cm³/mol. The summed E-state index contributed by atoms with van der Waals surface area (Å²) in [7, 11) is 2.03. The molecule has 0 aromatic heterocycles. The van der Waals surface area contributed by atoms with Gasteiger partial charge in [-0.15, -0.1) is 0 Å². The van der Waals surface area contributed by atoms with Gasteiger partial charge in [0, 0.05) is 33.1 Å². The highest BCUT2D eigenvalue weighted by atomic mass is 19.1. The normalized spacial score (nSPS) is 10.8. The number of nitrogens with zero attached hydrogens (tertiary/aromatic N) is 3. The molecule has 0 bridgehead atoms. The van der Waals surface area contributed by atoms with Gasteiger partial charge in [0.1, 0.15) is 30.1 Å². The van der Waals surface area contributed by atoms with E-state index >= 15 is 0 Å². The first-order chi connectivity index (χ1) is 21.8. The van der Waals surface area contributed by atoms with Crippen molar-refractivity contribution < 1.29 is 18.7 Å². The van der Waals surface area contributed by atoms with Crippen molar-refractivity contribution in [3.8, 4) is 34.5 Å². The summed E-state index contributed by atoms with van der Waals surface area (Å²) in [5.41, 5.74) is 4.61. The molecule has 2 aromatic carbocycles. The molecule has 7 nitrogen and oxygen atoms in total. The Morgan fingerprint density at radius 3 is 2.02 bits per heavy atom.